The topological polar surface area (TPSA) is 73.9 Å². The molecule has 5 nitrogen and oxygen atoms in total. The molecule has 3 N–H and O–H groups in total. The van der Waals surface area contributed by atoms with Crippen LogP contribution in [0.2, 0.25) is 0 Å². The Bertz CT molecular complexity index is 430. The predicted molar refractivity (Wildman–Crippen MR) is 81.0 cm³/mol. The third-order valence-corrected chi connectivity index (χ3v) is 3.05. The Labute approximate surface area is 125 Å². The van der Waals surface area contributed by atoms with Crippen LogP contribution < -0.4 is 15.2 Å². The van der Waals surface area contributed by atoms with Crippen LogP contribution in [0.4, 0.5) is 10.1 Å². The number of benzene rings is 1. The lowest BCUT2D eigenvalue weighted by molar-refractivity contribution is 0.0327. The summed E-state index contributed by atoms with van der Waals surface area (Å²) in [7, 11) is 2.90. The molecule has 0 aliphatic carbocycles. The molecule has 6 heteroatoms. The van der Waals surface area contributed by atoms with E-state index in [2.05, 4.69) is 4.74 Å². The second-order valence-electron chi connectivity index (χ2n) is 5.38. The summed E-state index contributed by atoms with van der Waals surface area (Å²) >= 11 is 0. The molecule has 0 fully saturated rings. The fourth-order valence-corrected chi connectivity index (χ4v) is 0.929. The summed E-state index contributed by atoms with van der Waals surface area (Å²) < 4.78 is 27.7. The molecule has 21 heavy (non-hydrogen) atoms. The van der Waals surface area contributed by atoms with Crippen LogP contribution in [0, 0.1) is 11.7 Å². The van der Waals surface area contributed by atoms with Crippen LogP contribution in [0.1, 0.15) is 27.7 Å². The van der Waals surface area contributed by atoms with Crippen LogP contribution in [0.25, 0.3) is 0 Å². The first-order valence-corrected chi connectivity index (χ1v) is 6.60. The first-order chi connectivity index (χ1) is 9.63. The summed E-state index contributed by atoms with van der Waals surface area (Å²) in [5, 5.41) is 9.09. The highest BCUT2D eigenvalue weighted by Gasteiger charge is 2.16. The minimum atomic E-state index is -0.574. The van der Waals surface area contributed by atoms with E-state index in [4.69, 9.17) is 20.3 Å². The SMILES string of the molecule is CC(C)C(C)(C)O.COCOc1cc(OC)cc(F)c1N. The quantitative estimate of drug-likeness (QED) is 0.646. The van der Waals surface area contributed by atoms with Gasteiger partial charge in [-0.3, -0.25) is 0 Å². The number of hydrogen-bond acceptors (Lipinski definition) is 5. The number of aliphatic hydroxyl groups is 1. The molecule has 0 unspecified atom stereocenters. The van der Waals surface area contributed by atoms with Crippen molar-refractivity contribution in [2.24, 2.45) is 5.92 Å². The van der Waals surface area contributed by atoms with E-state index < -0.39 is 11.4 Å². The number of rotatable bonds is 5. The van der Waals surface area contributed by atoms with Gasteiger partial charge in [-0.2, -0.15) is 0 Å². The first kappa shape index (κ1) is 19.5. The molecule has 0 spiro atoms. The maximum atomic E-state index is 13.1. The van der Waals surface area contributed by atoms with E-state index in [0.29, 0.717) is 11.7 Å². The average molecular weight is 303 g/mol. The van der Waals surface area contributed by atoms with Crippen molar-refractivity contribution in [3.63, 3.8) is 0 Å². The highest BCUT2D eigenvalue weighted by molar-refractivity contribution is 5.56. The molecule has 0 heterocycles. The minimum Gasteiger partial charge on any atom is -0.497 e. The maximum Gasteiger partial charge on any atom is 0.188 e. The summed E-state index contributed by atoms with van der Waals surface area (Å²) in [6, 6.07) is 2.69. The fraction of sp³-hybridized carbons (Fsp3) is 0.600. The van der Waals surface area contributed by atoms with E-state index >= 15 is 0 Å². The number of hydrogen-bond donors (Lipinski definition) is 2. The monoisotopic (exact) mass is 303 g/mol. The van der Waals surface area contributed by atoms with Gasteiger partial charge >= 0.3 is 0 Å². The van der Waals surface area contributed by atoms with Gasteiger partial charge in [0.15, 0.2) is 18.4 Å². The summed E-state index contributed by atoms with van der Waals surface area (Å²) in [5.74, 6) is 0.342. The molecule has 122 valence electrons. The lowest BCUT2D eigenvalue weighted by Crippen LogP contribution is -2.25. The molecular weight excluding hydrogens is 277 g/mol. The number of nitrogen functional groups attached to an aromatic ring is 1. The summed E-state index contributed by atoms with van der Waals surface area (Å²) in [5.41, 5.74) is 4.88. The van der Waals surface area contributed by atoms with Crippen LogP contribution in [-0.2, 0) is 4.74 Å². The van der Waals surface area contributed by atoms with Crippen molar-refractivity contribution >= 4 is 5.69 Å². The van der Waals surface area contributed by atoms with E-state index in [1.807, 2.05) is 27.7 Å². The Kier molecular flexibility index (Phi) is 8.06. The number of nitrogens with two attached hydrogens (primary N) is 1. The number of anilines is 1. The normalized spacial score (nSPS) is 10.9. The van der Waals surface area contributed by atoms with Crippen molar-refractivity contribution in [2.45, 2.75) is 33.3 Å². The van der Waals surface area contributed by atoms with Gasteiger partial charge in [0.2, 0.25) is 0 Å². The van der Waals surface area contributed by atoms with Crippen LogP contribution in [-0.4, -0.2) is 31.7 Å². The van der Waals surface area contributed by atoms with Gasteiger partial charge in [-0.05, 0) is 19.8 Å². The molecule has 0 amide bonds. The molecule has 1 aromatic carbocycles. The standard InChI is InChI=1S/C9H12FNO3.C6H14O/c1-12-5-14-8-4-6(13-2)3-7(10)9(8)11;1-5(2)6(3,4)7/h3-4H,5,11H2,1-2H3;5,7H,1-4H3. The highest BCUT2D eigenvalue weighted by atomic mass is 19.1. The van der Waals surface area contributed by atoms with E-state index in [1.165, 1.54) is 26.4 Å². The lowest BCUT2D eigenvalue weighted by Gasteiger charge is -2.21. The molecule has 0 atom stereocenters. The molecular formula is C15H26FNO4. The number of halogens is 1. The number of methoxy groups -OCH3 is 2. The molecule has 0 saturated heterocycles. The highest BCUT2D eigenvalue weighted by Crippen LogP contribution is 2.29. The summed E-state index contributed by atoms with van der Waals surface area (Å²) in [6.45, 7) is 7.64. The van der Waals surface area contributed by atoms with Crippen LogP contribution in [0.3, 0.4) is 0 Å². The molecule has 0 saturated carbocycles. The molecule has 0 bridgehead atoms. The van der Waals surface area contributed by atoms with Gasteiger partial charge in [-0.1, -0.05) is 13.8 Å². The van der Waals surface area contributed by atoms with E-state index in [0.717, 1.165) is 0 Å². The second-order valence-corrected chi connectivity index (χ2v) is 5.38. The maximum absolute atomic E-state index is 13.1. The van der Waals surface area contributed by atoms with Gasteiger partial charge in [-0.25, -0.2) is 4.39 Å². The van der Waals surface area contributed by atoms with E-state index in [9.17, 15) is 4.39 Å². The van der Waals surface area contributed by atoms with E-state index in [-0.39, 0.29) is 18.2 Å². The zero-order chi connectivity index (χ0) is 16.6. The summed E-state index contributed by atoms with van der Waals surface area (Å²) in [4.78, 5) is 0. The Morgan fingerprint density at radius 3 is 2.19 bits per heavy atom. The third kappa shape index (κ3) is 7.15. The van der Waals surface area contributed by atoms with Crippen molar-refractivity contribution < 1.29 is 23.7 Å². The molecule has 1 aromatic rings. The van der Waals surface area contributed by atoms with Crippen molar-refractivity contribution in [1.82, 2.24) is 0 Å². The first-order valence-electron chi connectivity index (χ1n) is 6.60. The third-order valence-electron chi connectivity index (χ3n) is 3.05. The fourth-order valence-electron chi connectivity index (χ4n) is 0.929. The van der Waals surface area contributed by atoms with Gasteiger partial charge in [0.05, 0.1) is 12.7 Å². The van der Waals surface area contributed by atoms with Crippen LogP contribution in [0.15, 0.2) is 12.1 Å². The van der Waals surface area contributed by atoms with Gasteiger partial charge in [-0.15, -0.1) is 0 Å². The number of ether oxygens (including phenoxy) is 3. The van der Waals surface area contributed by atoms with Gasteiger partial charge in [0.25, 0.3) is 0 Å². The average Bonchev–Trinajstić information content (AvgIpc) is 2.39. The van der Waals surface area contributed by atoms with Crippen molar-refractivity contribution in [3.05, 3.63) is 17.9 Å². The van der Waals surface area contributed by atoms with Crippen molar-refractivity contribution in [2.75, 3.05) is 26.7 Å². The predicted octanol–water partition coefficient (Wildman–Crippen LogP) is 2.81. The zero-order valence-electron chi connectivity index (χ0n) is 13.6. The lowest BCUT2D eigenvalue weighted by atomic mass is 9.95. The van der Waals surface area contributed by atoms with Crippen LogP contribution >= 0.6 is 0 Å². The second kappa shape index (κ2) is 8.69. The largest absolute Gasteiger partial charge is 0.497 e. The zero-order valence-corrected chi connectivity index (χ0v) is 13.6. The Balaban J connectivity index is 0.000000486. The van der Waals surface area contributed by atoms with Crippen LogP contribution in [0.5, 0.6) is 11.5 Å². The summed E-state index contributed by atoms with van der Waals surface area (Å²) in [6.07, 6.45) is 0. The Morgan fingerprint density at radius 2 is 1.81 bits per heavy atom. The van der Waals surface area contributed by atoms with Gasteiger partial charge in [0, 0.05) is 19.2 Å². The van der Waals surface area contributed by atoms with E-state index in [1.54, 1.807) is 0 Å². The molecule has 0 aliphatic rings. The molecule has 0 aromatic heterocycles. The minimum absolute atomic E-state index is 0.0107. The molecule has 1 rings (SSSR count). The molecule has 0 radical (unpaired) electrons. The van der Waals surface area contributed by atoms with Gasteiger partial charge in [0.1, 0.15) is 11.4 Å². The van der Waals surface area contributed by atoms with Gasteiger partial charge < -0.3 is 25.1 Å². The molecule has 0 aliphatic heterocycles. The Morgan fingerprint density at radius 1 is 1.29 bits per heavy atom. The smallest absolute Gasteiger partial charge is 0.188 e. The van der Waals surface area contributed by atoms with Crippen molar-refractivity contribution in [1.29, 1.82) is 0 Å². The Hall–Kier alpha value is -1.53. The van der Waals surface area contributed by atoms with Crippen molar-refractivity contribution in [3.8, 4) is 11.5 Å².